The molecule has 0 atom stereocenters. The summed E-state index contributed by atoms with van der Waals surface area (Å²) in [5, 5.41) is 12.1. The van der Waals surface area contributed by atoms with Crippen molar-refractivity contribution in [1.29, 1.82) is 5.26 Å². The number of pyridine rings is 1. The fourth-order valence-corrected chi connectivity index (χ4v) is 4.98. The van der Waals surface area contributed by atoms with Gasteiger partial charge in [0.15, 0.2) is 15.5 Å². The van der Waals surface area contributed by atoms with E-state index in [1.54, 1.807) is 19.2 Å². The van der Waals surface area contributed by atoms with Crippen LogP contribution in [0.3, 0.4) is 0 Å². The molecule has 1 aliphatic rings. The molecular formula is C21H18ClN3O3S. The molecule has 148 valence electrons. The number of nitriles is 1. The molecule has 1 fully saturated rings. The number of benzene rings is 2. The lowest BCUT2D eigenvalue weighted by molar-refractivity contribution is 0.415. The molecule has 29 heavy (non-hydrogen) atoms. The van der Waals surface area contributed by atoms with Gasteiger partial charge >= 0.3 is 0 Å². The maximum Gasteiger partial charge on any atom is 0.153 e. The fourth-order valence-electron chi connectivity index (χ4n) is 3.58. The van der Waals surface area contributed by atoms with Crippen LogP contribution in [0.25, 0.3) is 21.9 Å². The zero-order valence-electron chi connectivity index (χ0n) is 15.7. The quantitative estimate of drug-likeness (QED) is 0.634. The molecule has 0 bridgehead atoms. The highest BCUT2D eigenvalue weighted by atomic mass is 35.5. The Bertz CT molecular complexity index is 1240. The van der Waals surface area contributed by atoms with Crippen LogP contribution in [0, 0.1) is 11.3 Å². The second kappa shape index (κ2) is 7.54. The number of methoxy groups -OCH3 is 1. The SMILES string of the molecule is COc1ccc2c(N3CCS(=O)(=O)CC3)nc(C#N)c(-c3cccc(Cl)c3)c2c1. The standard InChI is InChI=1S/C21H18ClN3O3S/c1-28-16-5-6-17-18(12-16)20(14-3-2-4-15(22)11-14)19(13-23)24-21(17)25-7-9-29(26,27)10-8-25/h2-6,11-12H,7-10H2,1H3. The summed E-state index contributed by atoms with van der Waals surface area (Å²) in [6, 6.07) is 15.1. The van der Waals surface area contributed by atoms with E-state index in [1.165, 1.54) is 0 Å². The van der Waals surface area contributed by atoms with Crippen molar-refractivity contribution < 1.29 is 13.2 Å². The van der Waals surface area contributed by atoms with Crippen molar-refractivity contribution in [1.82, 2.24) is 4.98 Å². The average molecular weight is 428 g/mol. The third-order valence-corrected chi connectivity index (χ3v) is 6.90. The second-order valence-corrected chi connectivity index (χ2v) is 9.57. The number of anilines is 1. The van der Waals surface area contributed by atoms with Gasteiger partial charge < -0.3 is 9.64 Å². The Balaban J connectivity index is 1.98. The van der Waals surface area contributed by atoms with Gasteiger partial charge in [0.05, 0.1) is 18.6 Å². The van der Waals surface area contributed by atoms with Gasteiger partial charge in [0.1, 0.15) is 17.6 Å². The molecule has 0 spiro atoms. The number of halogens is 1. The number of aromatic nitrogens is 1. The minimum atomic E-state index is -3.03. The summed E-state index contributed by atoms with van der Waals surface area (Å²) < 4.78 is 29.1. The molecule has 1 aliphatic heterocycles. The van der Waals surface area contributed by atoms with Crippen LogP contribution in [0.15, 0.2) is 42.5 Å². The van der Waals surface area contributed by atoms with E-state index >= 15 is 0 Å². The van der Waals surface area contributed by atoms with Gasteiger partial charge in [-0.2, -0.15) is 5.26 Å². The van der Waals surface area contributed by atoms with E-state index in [1.807, 2.05) is 35.2 Å². The molecule has 0 unspecified atom stereocenters. The van der Waals surface area contributed by atoms with E-state index < -0.39 is 9.84 Å². The van der Waals surface area contributed by atoms with Gasteiger partial charge in [-0.05, 0) is 41.3 Å². The number of fused-ring (bicyclic) bond motifs is 1. The molecular weight excluding hydrogens is 410 g/mol. The summed E-state index contributed by atoms with van der Waals surface area (Å²) in [7, 11) is -1.44. The van der Waals surface area contributed by atoms with Gasteiger partial charge in [-0.25, -0.2) is 13.4 Å². The number of rotatable bonds is 3. The summed E-state index contributed by atoms with van der Waals surface area (Å²) in [6.07, 6.45) is 0. The lowest BCUT2D eigenvalue weighted by atomic mass is 9.96. The first-order valence-corrected chi connectivity index (χ1v) is 11.2. The maximum atomic E-state index is 11.8. The lowest BCUT2D eigenvalue weighted by Crippen LogP contribution is -2.40. The number of nitrogens with zero attached hydrogens (tertiary/aromatic N) is 3. The number of hydrogen-bond acceptors (Lipinski definition) is 6. The number of ether oxygens (including phenoxy) is 1. The second-order valence-electron chi connectivity index (χ2n) is 6.83. The van der Waals surface area contributed by atoms with Gasteiger partial charge in [-0.1, -0.05) is 23.7 Å². The predicted molar refractivity (Wildman–Crippen MR) is 114 cm³/mol. The van der Waals surface area contributed by atoms with Crippen molar-refractivity contribution in [2.24, 2.45) is 0 Å². The summed E-state index contributed by atoms with van der Waals surface area (Å²) in [4.78, 5) is 6.57. The van der Waals surface area contributed by atoms with E-state index in [2.05, 4.69) is 11.1 Å². The molecule has 6 nitrogen and oxygen atoms in total. The fraction of sp³-hybridized carbons (Fsp3) is 0.238. The maximum absolute atomic E-state index is 11.8. The first kappa shape index (κ1) is 19.5. The van der Waals surface area contributed by atoms with Crippen molar-refractivity contribution in [2.45, 2.75) is 0 Å². The Morgan fingerprint density at radius 3 is 2.55 bits per heavy atom. The molecule has 4 rings (SSSR count). The summed E-state index contributed by atoms with van der Waals surface area (Å²) in [6.45, 7) is 0.690. The van der Waals surface area contributed by atoms with E-state index in [-0.39, 0.29) is 17.2 Å². The molecule has 0 aliphatic carbocycles. The van der Waals surface area contributed by atoms with E-state index in [0.717, 1.165) is 16.3 Å². The van der Waals surface area contributed by atoms with E-state index in [0.29, 0.717) is 35.2 Å². The molecule has 0 amide bonds. The number of hydrogen-bond donors (Lipinski definition) is 0. The van der Waals surface area contributed by atoms with Crippen molar-refractivity contribution in [2.75, 3.05) is 36.6 Å². The zero-order valence-corrected chi connectivity index (χ0v) is 17.3. The molecule has 2 heterocycles. The Morgan fingerprint density at radius 2 is 1.90 bits per heavy atom. The molecule has 0 radical (unpaired) electrons. The minimum Gasteiger partial charge on any atom is -0.497 e. The third kappa shape index (κ3) is 3.74. The topological polar surface area (TPSA) is 83.3 Å². The average Bonchev–Trinajstić information content (AvgIpc) is 2.72. The van der Waals surface area contributed by atoms with Gasteiger partial charge in [-0.15, -0.1) is 0 Å². The monoisotopic (exact) mass is 427 g/mol. The van der Waals surface area contributed by atoms with Crippen LogP contribution in [0.4, 0.5) is 5.82 Å². The van der Waals surface area contributed by atoms with Crippen LogP contribution in [0.1, 0.15) is 5.69 Å². The van der Waals surface area contributed by atoms with Gasteiger partial charge in [0.2, 0.25) is 0 Å². The largest absolute Gasteiger partial charge is 0.497 e. The molecule has 0 N–H and O–H groups in total. The highest BCUT2D eigenvalue weighted by Gasteiger charge is 2.26. The van der Waals surface area contributed by atoms with Crippen LogP contribution in [-0.2, 0) is 9.84 Å². The Hall–Kier alpha value is -2.82. The van der Waals surface area contributed by atoms with Crippen LogP contribution >= 0.6 is 11.6 Å². The first-order chi connectivity index (χ1) is 13.9. The smallest absolute Gasteiger partial charge is 0.153 e. The molecule has 8 heteroatoms. The highest BCUT2D eigenvalue weighted by Crippen LogP contribution is 2.38. The summed E-state index contributed by atoms with van der Waals surface area (Å²) in [5.41, 5.74) is 1.72. The van der Waals surface area contributed by atoms with E-state index in [4.69, 9.17) is 16.3 Å². The van der Waals surface area contributed by atoms with Gasteiger partial charge in [-0.3, -0.25) is 0 Å². The number of sulfone groups is 1. The van der Waals surface area contributed by atoms with Crippen LogP contribution in [-0.4, -0.2) is 45.1 Å². The molecule has 1 saturated heterocycles. The lowest BCUT2D eigenvalue weighted by Gasteiger charge is -2.29. The summed E-state index contributed by atoms with van der Waals surface area (Å²) in [5.74, 6) is 1.41. The van der Waals surface area contributed by atoms with Gasteiger partial charge in [0.25, 0.3) is 0 Å². The first-order valence-electron chi connectivity index (χ1n) is 9.05. The summed E-state index contributed by atoms with van der Waals surface area (Å²) >= 11 is 6.19. The normalized spacial score (nSPS) is 15.8. The predicted octanol–water partition coefficient (Wildman–Crippen LogP) is 3.67. The molecule has 1 aromatic heterocycles. The van der Waals surface area contributed by atoms with Crippen LogP contribution in [0.2, 0.25) is 5.02 Å². The minimum absolute atomic E-state index is 0.0737. The Morgan fingerprint density at radius 1 is 1.14 bits per heavy atom. The van der Waals surface area contributed by atoms with Crippen molar-refractivity contribution in [3.63, 3.8) is 0 Å². The Labute approximate surface area is 174 Å². The third-order valence-electron chi connectivity index (χ3n) is 5.05. The van der Waals surface area contributed by atoms with Crippen molar-refractivity contribution in [3.05, 3.63) is 53.2 Å². The van der Waals surface area contributed by atoms with Crippen molar-refractivity contribution in [3.8, 4) is 22.9 Å². The van der Waals surface area contributed by atoms with Crippen molar-refractivity contribution >= 4 is 38.0 Å². The van der Waals surface area contributed by atoms with Crippen LogP contribution in [0.5, 0.6) is 5.75 Å². The molecule has 2 aromatic carbocycles. The van der Waals surface area contributed by atoms with E-state index in [9.17, 15) is 13.7 Å². The van der Waals surface area contributed by atoms with Crippen LogP contribution < -0.4 is 9.64 Å². The zero-order chi connectivity index (χ0) is 20.6. The molecule has 3 aromatic rings. The Kier molecular flexibility index (Phi) is 5.07. The molecule has 0 saturated carbocycles. The highest BCUT2D eigenvalue weighted by molar-refractivity contribution is 7.91. The van der Waals surface area contributed by atoms with Gasteiger partial charge in [0, 0.05) is 29.1 Å².